The maximum Gasteiger partial charge on any atom is 0.0685 e. The normalized spacial score (nSPS) is 10.8. The molecule has 1 aromatic carbocycles. The Bertz CT molecular complexity index is 520. The summed E-state index contributed by atoms with van der Waals surface area (Å²) >= 11 is 0. The Labute approximate surface area is 107 Å². The molecular weight excluding hydrogens is 226 g/mol. The van der Waals surface area contributed by atoms with Gasteiger partial charge in [-0.05, 0) is 18.1 Å². The van der Waals surface area contributed by atoms with Crippen molar-refractivity contribution in [1.29, 1.82) is 0 Å². The molecule has 2 aromatic rings. The fourth-order valence-corrected chi connectivity index (χ4v) is 1.93. The number of nitrogens with zero attached hydrogens (tertiary/aromatic N) is 2. The van der Waals surface area contributed by atoms with Gasteiger partial charge in [-0.3, -0.25) is 4.68 Å². The fourth-order valence-electron chi connectivity index (χ4n) is 1.93. The predicted octanol–water partition coefficient (Wildman–Crippen LogP) is 1.51. The molecule has 0 aliphatic rings. The van der Waals surface area contributed by atoms with Gasteiger partial charge in [-0.25, -0.2) is 0 Å². The molecule has 0 atom stereocenters. The Morgan fingerprint density at radius 3 is 2.44 bits per heavy atom. The van der Waals surface area contributed by atoms with Crippen molar-refractivity contribution in [1.82, 2.24) is 15.1 Å². The van der Waals surface area contributed by atoms with Crippen LogP contribution in [0.5, 0.6) is 0 Å². The minimum atomic E-state index is 0.0871. The zero-order valence-electron chi connectivity index (χ0n) is 10.8. The van der Waals surface area contributed by atoms with Crippen LogP contribution >= 0.6 is 0 Å². The van der Waals surface area contributed by atoms with Gasteiger partial charge in [-0.2, -0.15) is 5.10 Å². The van der Waals surface area contributed by atoms with Crippen LogP contribution in [0.2, 0.25) is 0 Å². The molecule has 0 aliphatic carbocycles. The van der Waals surface area contributed by atoms with Gasteiger partial charge in [0.2, 0.25) is 0 Å². The lowest BCUT2D eigenvalue weighted by atomic mass is 10.1. The molecule has 0 bridgehead atoms. The van der Waals surface area contributed by atoms with Gasteiger partial charge in [0, 0.05) is 31.4 Å². The van der Waals surface area contributed by atoms with Crippen LogP contribution in [0.1, 0.15) is 22.4 Å². The summed E-state index contributed by atoms with van der Waals surface area (Å²) in [5, 5.41) is 16.8. The van der Waals surface area contributed by atoms with Crippen molar-refractivity contribution in [2.24, 2.45) is 7.05 Å². The summed E-state index contributed by atoms with van der Waals surface area (Å²) in [7, 11) is 1.94. The van der Waals surface area contributed by atoms with E-state index >= 15 is 0 Å². The van der Waals surface area contributed by atoms with Gasteiger partial charge in [0.15, 0.2) is 0 Å². The lowest BCUT2D eigenvalue weighted by molar-refractivity contribution is 0.280. The second-order valence-electron chi connectivity index (χ2n) is 4.41. The Kier molecular flexibility index (Phi) is 4.12. The van der Waals surface area contributed by atoms with Gasteiger partial charge in [0.25, 0.3) is 0 Å². The number of aliphatic hydroxyl groups excluding tert-OH is 1. The third kappa shape index (κ3) is 2.78. The van der Waals surface area contributed by atoms with Crippen molar-refractivity contribution >= 4 is 0 Å². The van der Waals surface area contributed by atoms with Crippen LogP contribution in [0.15, 0.2) is 30.5 Å². The third-order valence-electron chi connectivity index (χ3n) is 3.26. The monoisotopic (exact) mass is 245 g/mol. The summed E-state index contributed by atoms with van der Waals surface area (Å²) in [6.07, 6.45) is 1.89. The fraction of sp³-hybridized carbons (Fsp3) is 0.357. The minimum absolute atomic E-state index is 0.0871. The topological polar surface area (TPSA) is 50.1 Å². The van der Waals surface area contributed by atoms with E-state index in [2.05, 4.69) is 17.3 Å². The van der Waals surface area contributed by atoms with E-state index < -0.39 is 0 Å². The van der Waals surface area contributed by atoms with Gasteiger partial charge >= 0.3 is 0 Å². The average molecular weight is 245 g/mol. The van der Waals surface area contributed by atoms with Crippen LogP contribution in [0.3, 0.4) is 0 Å². The molecule has 4 heteroatoms. The molecule has 4 nitrogen and oxygen atoms in total. The van der Waals surface area contributed by atoms with E-state index in [0.29, 0.717) is 0 Å². The first-order valence-corrected chi connectivity index (χ1v) is 6.08. The number of hydrogen-bond donors (Lipinski definition) is 2. The molecule has 0 unspecified atom stereocenters. The predicted molar refractivity (Wildman–Crippen MR) is 70.9 cm³/mol. The number of hydrogen-bond acceptors (Lipinski definition) is 3. The third-order valence-corrected chi connectivity index (χ3v) is 3.26. The van der Waals surface area contributed by atoms with Crippen molar-refractivity contribution in [3.05, 3.63) is 52.8 Å². The van der Waals surface area contributed by atoms with E-state index in [1.165, 1.54) is 11.3 Å². The Morgan fingerprint density at radius 1 is 1.17 bits per heavy atom. The van der Waals surface area contributed by atoms with Crippen molar-refractivity contribution in [2.75, 3.05) is 0 Å². The molecule has 0 saturated heterocycles. The summed E-state index contributed by atoms with van der Waals surface area (Å²) in [4.78, 5) is 0. The zero-order chi connectivity index (χ0) is 13.0. The standard InChI is InChI=1S/C14H19N3O/c1-11-14(9-16-17(11)2)8-15-7-12-5-3-4-6-13(12)10-18/h3-6,9,15,18H,7-8,10H2,1-2H3. The number of aliphatic hydroxyl groups is 1. The summed E-state index contributed by atoms with van der Waals surface area (Å²) in [5.74, 6) is 0. The average Bonchev–Trinajstić information content (AvgIpc) is 2.71. The molecule has 0 radical (unpaired) electrons. The van der Waals surface area contributed by atoms with Crippen molar-refractivity contribution in [3.63, 3.8) is 0 Å². The molecular formula is C14H19N3O. The minimum Gasteiger partial charge on any atom is -0.392 e. The molecule has 96 valence electrons. The van der Waals surface area contributed by atoms with Crippen LogP contribution in [0.25, 0.3) is 0 Å². The Hall–Kier alpha value is -1.65. The molecule has 1 aromatic heterocycles. The Morgan fingerprint density at radius 2 is 1.83 bits per heavy atom. The number of benzene rings is 1. The first-order chi connectivity index (χ1) is 8.72. The highest BCUT2D eigenvalue weighted by Gasteiger charge is 2.04. The zero-order valence-corrected chi connectivity index (χ0v) is 10.8. The van der Waals surface area contributed by atoms with Gasteiger partial charge in [-0.15, -0.1) is 0 Å². The first kappa shape index (κ1) is 12.8. The SMILES string of the molecule is Cc1c(CNCc2ccccc2CO)cnn1C. The summed E-state index contributed by atoms with van der Waals surface area (Å²) in [6, 6.07) is 7.92. The number of nitrogens with one attached hydrogen (secondary N) is 1. The van der Waals surface area contributed by atoms with Gasteiger partial charge < -0.3 is 10.4 Å². The largest absolute Gasteiger partial charge is 0.392 e. The van der Waals surface area contributed by atoms with E-state index in [9.17, 15) is 5.11 Å². The van der Waals surface area contributed by atoms with E-state index in [1.54, 1.807) is 0 Å². The Balaban J connectivity index is 1.94. The lowest BCUT2D eigenvalue weighted by Gasteiger charge is -2.08. The molecule has 0 amide bonds. The van der Waals surface area contributed by atoms with E-state index in [-0.39, 0.29) is 6.61 Å². The quantitative estimate of drug-likeness (QED) is 0.839. The van der Waals surface area contributed by atoms with Crippen molar-refractivity contribution in [3.8, 4) is 0 Å². The van der Waals surface area contributed by atoms with E-state index in [4.69, 9.17) is 0 Å². The van der Waals surface area contributed by atoms with E-state index in [0.717, 1.165) is 24.2 Å². The van der Waals surface area contributed by atoms with E-state index in [1.807, 2.05) is 42.2 Å². The molecule has 0 saturated carbocycles. The van der Waals surface area contributed by atoms with Crippen LogP contribution < -0.4 is 5.32 Å². The maximum absolute atomic E-state index is 9.24. The molecule has 0 aliphatic heterocycles. The van der Waals surface area contributed by atoms with Crippen LogP contribution in [-0.4, -0.2) is 14.9 Å². The van der Waals surface area contributed by atoms with Gasteiger partial charge in [0.1, 0.15) is 0 Å². The molecule has 1 heterocycles. The van der Waals surface area contributed by atoms with Gasteiger partial charge in [0.05, 0.1) is 12.8 Å². The van der Waals surface area contributed by atoms with Crippen LogP contribution in [0.4, 0.5) is 0 Å². The summed E-state index contributed by atoms with van der Waals surface area (Å²) in [5.41, 5.74) is 4.51. The molecule has 2 rings (SSSR count). The molecule has 2 N–H and O–H groups in total. The molecule has 18 heavy (non-hydrogen) atoms. The highest BCUT2D eigenvalue weighted by Crippen LogP contribution is 2.09. The number of rotatable bonds is 5. The highest BCUT2D eigenvalue weighted by molar-refractivity contribution is 5.26. The van der Waals surface area contributed by atoms with Crippen LogP contribution in [0, 0.1) is 6.92 Å². The van der Waals surface area contributed by atoms with Crippen molar-refractivity contribution < 1.29 is 5.11 Å². The highest BCUT2D eigenvalue weighted by atomic mass is 16.3. The summed E-state index contributed by atoms with van der Waals surface area (Å²) < 4.78 is 1.87. The molecule has 0 fully saturated rings. The first-order valence-electron chi connectivity index (χ1n) is 6.08. The molecule has 0 spiro atoms. The second kappa shape index (κ2) is 5.80. The second-order valence-corrected chi connectivity index (χ2v) is 4.41. The maximum atomic E-state index is 9.24. The summed E-state index contributed by atoms with van der Waals surface area (Å²) in [6.45, 7) is 3.69. The van der Waals surface area contributed by atoms with Gasteiger partial charge in [-0.1, -0.05) is 24.3 Å². The van der Waals surface area contributed by atoms with Crippen LogP contribution in [-0.2, 0) is 26.7 Å². The number of aryl methyl sites for hydroxylation is 1. The smallest absolute Gasteiger partial charge is 0.0685 e. The van der Waals surface area contributed by atoms with Crippen molar-refractivity contribution in [2.45, 2.75) is 26.6 Å². The number of aromatic nitrogens is 2. The lowest BCUT2D eigenvalue weighted by Crippen LogP contribution is -2.14.